The van der Waals surface area contributed by atoms with E-state index >= 15 is 0 Å². The topological polar surface area (TPSA) is 52.7 Å². The lowest BCUT2D eigenvalue weighted by Gasteiger charge is -2.38. The number of carbonyl (C=O) groups excluding carboxylic acids is 2. The molecule has 26 heavy (non-hydrogen) atoms. The zero-order chi connectivity index (χ0) is 19.1. The third-order valence-corrected chi connectivity index (χ3v) is 5.97. The van der Waals surface area contributed by atoms with Crippen LogP contribution in [0.2, 0.25) is 0 Å². The summed E-state index contributed by atoms with van der Waals surface area (Å²) in [6.45, 7) is 5.07. The number of thioether (sulfide) groups is 1. The van der Waals surface area contributed by atoms with Gasteiger partial charge in [-0.05, 0) is 58.0 Å². The number of nitrogens with one attached hydrogen (secondary N) is 1. The summed E-state index contributed by atoms with van der Waals surface area (Å²) in [5.74, 6) is 0.0377. The summed E-state index contributed by atoms with van der Waals surface area (Å²) in [4.78, 5) is 30.2. The second-order valence-electron chi connectivity index (χ2n) is 6.93. The van der Waals surface area contributed by atoms with Crippen LogP contribution in [0.5, 0.6) is 0 Å². The summed E-state index contributed by atoms with van der Waals surface area (Å²) in [7, 11) is 1.84. The van der Waals surface area contributed by atoms with Gasteiger partial charge >= 0.3 is 0 Å². The molecular weight excluding hydrogens is 346 g/mol. The number of amides is 2. The fourth-order valence-corrected chi connectivity index (χ4v) is 4.00. The van der Waals surface area contributed by atoms with Gasteiger partial charge < -0.3 is 10.2 Å². The maximum atomic E-state index is 12.9. The van der Waals surface area contributed by atoms with E-state index in [1.165, 1.54) is 6.42 Å². The summed E-state index contributed by atoms with van der Waals surface area (Å²) in [6, 6.07) is 7.79. The van der Waals surface area contributed by atoms with Gasteiger partial charge in [-0.25, -0.2) is 0 Å². The molecule has 1 aromatic rings. The van der Waals surface area contributed by atoms with E-state index < -0.39 is 0 Å². The molecule has 1 heterocycles. The molecule has 2 atom stereocenters. The van der Waals surface area contributed by atoms with Crippen molar-refractivity contribution in [2.24, 2.45) is 0 Å². The number of anilines is 1. The fourth-order valence-electron chi connectivity index (χ4n) is 3.44. The number of hydrogen-bond donors (Lipinski definition) is 1. The number of piperidine rings is 1. The second-order valence-corrected chi connectivity index (χ2v) is 7.78. The lowest BCUT2D eigenvalue weighted by atomic mass is 9.99. The summed E-state index contributed by atoms with van der Waals surface area (Å²) < 4.78 is 0. The molecule has 0 aliphatic carbocycles. The van der Waals surface area contributed by atoms with E-state index in [1.54, 1.807) is 11.8 Å². The fraction of sp³-hybridized carbons (Fsp3) is 0.600. The zero-order valence-corrected chi connectivity index (χ0v) is 17.1. The number of likely N-dealkylation sites (N-methyl/N-ethyl adjacent to an activating group) is 1. The molecule has 0 spiro atoms. The quantitative estimate of drug-likeness (QED) is 0.740. The van der Waals surface area contributed by atoms with E-state index in [0.717, 1.165) is 36.4 Å². The van der Waals surface area contributed by atoms with Crippen LogP contribution in [0, 0.1) is 0 Å². The third-order valence-electron chi connectivity index (χ3n) is 5.17. The molecule has 1 aromatic carbocycles. The summed E-state index contributed by atoms with van der Waals surface area (Å²) >= 11 is 1.60. The minimum Gasteiger partial charge on any atom is -0.338 e. The van der Waals surface area contributed by atoms with Gasteiger partial charge in [0.15, 0.2) is 0 Å². The minimum atomic E-state index is -0.302. The van der Waals surface area contributed by atoms with E-state index in [2.05, 4.69) is 12.2 Å². The molecule has 2 rings (SSSR count). The van der Waals surface area contributed by atoms with Gasteiger partial charge in [0.1, 0.15) is 0 Å². The van der Waals surface area contributed by atoms with Crippen molar-refractivity contribution in [2.75, 3.05) is 31.7 Å². The molecule has 5 nitrogen and oxygen atoms in total. The summed E-state index contributed by atoms with van der Waals surface area (Å²) in [5.41, 5.74) is 0.819. The Morgan fingerprint density at radius 1 is 1.35 bits per heavy atom. The van der Waals surface area contributed by atoms with Gasteiger partial charge in [0.25, 0.3) is 0 Å². The van der Waals surface area contributed by atoms with Gasteiger partial charge in [-0.3, -0.25) is 14.5 Å². The van der Waals surface area contributed by atoms with Crippen molar-refractivity contribution >= 4 is 29.3 Å². The van der Waals surface area contributed by atoms with Gasteiger partial charge in [-0.15, -0.1) is 11.8 Å². The number of rotatable bonds is 7. The molecule has 2 amide bonds. The van der Waals surface area contributed by atoms with E-state index in [4.69, 9.17) is 0 Å². The lowest BCUT2D eigenvalue weighted by Crippen LogP contribution is -2.52. The highest BCUT2D eigenvalue weighted by atomic mass is 32.2. The predicted octanol–water partition coefficient (Wildman–Crippen LogP) is 3.46. The smallest absolute Gasteiger partial charge is 0.239 e. The van der Waals surface area contributed by atoms with Crippen molar-refractivity contribution in [3.05, 3.63) is 24.3 Å². The largest absolute Gasteiger partial charge is 0.338 e. The Bertz CT molecular complexity index is 623. The molecule has 6 heteroatoms. The number of carbonyl (C=O) groups is 2. The van der Waals surface area contributed by atoms with Gasteiger partial charge in [0.2, 0.25) is 11.8 Å². The highest BCUT2D eigenvalue weighted by Crippen LogP contribution is 2.24. The zero-order valence-electron chi connectivity index (χ0n) is 16.3. The van der Waals surface area contributed by atoms with Crippen molar-refractivity contribution in [1.82, 2.24) is 9.80 Å². The van der Waals surface area contributed by atoms with Crippen LogP contribution in [0.25, 0.3) is 0 Å². The molecule has 0 aromatic heterocycles. The molecule has 1 aliphatic rings. The molecule has 1 N–H and O–H groups in total. The van der Waals surface area contributed by atoms with Crippen molar-refractivity contribution in [3.63, 3.8) is 0 Å². The van der Waals surface area contributed by atoms with Crippen LogP contribution in [0.15, 0.2) is 29.2 Å². The number of likely N-dealkylation sites (tertiary alicyclic amines) is 1. The first kappa shape index (κ1) is 20.8. The lowest BCUT2D eigenvalue weighted by molar-refractivity contribution is -0.140. The Morgan fingerprint density at radius 2 is 2.08 bits per heavy atom. The van der Waals surface area contributed by atoms with Crippen LogP contribution >= 0.6 is 11.8 Å². The van der Waals surface area contributed by atoms with Gasteiger partial charge in [-0.1, -0.05) is 19.1 Å². The van der Waals surface area contributed by atoms with Crippen molar-refractivity contribution in [3.8, 4) is 0 Å². The molecule has 144 valence electrons. The number of benzene rings is 1. The van der Waals surface area contributed by atoms with Crippen LogP contribution in [-0.2, 0) is 9.59 Å². The van der Waals surface area contributed by atoms with Crippen LogP contribution in [0.1, 0.15) is 39.5 Å². The van der Waals surface area contributed by atoms with Crippen molar-refractivity contribution < 1.29 is 9.59 Å². The molecule has 0 saturated carbocycles. The highest BCUT2D eigenvalue weighted by molar-refractivity contribution is 7.98. The Hall–Kier alpha value is -1.53. The average molecular weight is 378 g/mol. The first-order valence-corrected chi connectivity index (χ1v) is 10.6. The van der Waals surface area contributed by atoms with E-state index in [1.807, 2.05) is 54.3 Å². The van der Waals surface area contributed by atoms with Crippen LogP contribution in [0.3, 0.4) is 0 Å². The highest BCUT2D eigenvalue weighted by Gasteiger charge is 2.30. The number of para-hydroxylation sites is 1. The summed E-state index contributed by atoms with van der Waals surface area (Å²) in [5, 5.41) is 2.96. The first-order valence-electron chi connectivity index (χ1n) is 9.41. The van der Waals surface area contributed by atoms with E-state index in [0.29, 0.717) is 6.04 Å². The monoisotopic (exact) mass is 377 g/mol. The molecule has 1 aliphatic heterocycles. The second kappa shape index (κ2) is 9.97. The van der Waals surface area contributed by atoms with Crippen LogP contribution in [-0.4, -0.2) is 60.1 Å². The van der Waals surface area contributed by atoms with Crippen LogP contribution < -0.4 is 5.32 Å². The SMILES string of the molecule is CCC1CCCCN1C(=O)C(C)N(C)CC(=O)Nc1ccccc1SC. The molecule has 2 unspecified atom stereocenters. The Balaban J connectivity index is 1.94. The molecule has 0 radical (unpaired) electrons. The standard InChI is InChI=1S/C20H31N3O2S/c1-5-16-10-8-9-13-23(16)20(25)15(2)22(3)14-19(24)21-17-11-6-7-12-18(17)26-4/h6-7,11-12,15-16H,5,8-10,13-14H2,1-4H3,(H,21,24). The average Bonchev–Trinajstić information content (AvgIpc) is 2.67. The third kappa shape index (κ3) is 5.24. The Labute approximate surface area is 161 Å². The van der Waals surface area contributed by atoms with E-state index in [9.17, 15) is 9.59 Å². The van der Waals surface area contributed by atoms with E-state index in [-0.39, 0.29) is 24.4 Å². The number of nitrogens with zero attached hydrogens (tertiary/aromatic N) is 2. The molecule has 1 saturated heterocycles. The maximum Gasteiger partial charge on any atom is 0.239 e. The first-order chi connectivity index (χ1) is 12.5. The minimum absolute atomic E-state index is 0.0978. The Kier molecular flexibility index (Phi) is 7.97. The molecular formula is C20H31N3O2S. The van der Waals surface area contributed by atoms with Gasteiger partial charge in [0, 0.05) is 17.5 Å². The number of hydrogen-bond acceptors (Lipinski definition) is 4. The Morgan fingerprint density at radius 3 is 2.77 bits per heavy atom. The molecule has 0 bridgehead atoms. The van der Waals surface area contributed by atoms with Gasteiger partial charge in [-0.2, -0.15) is 0 Å². The predicted molar refractivity (Wildman–Crippen MR) is 109 cm³/mol. The van der Waals surface area contributed by atoms with Crippen molar-refractivity contribution in [2.45, 2.75) is 56.5 Å². The van der Waals surface area contributed by atoms with Crippen LogP contribution in [0.4, 0.5) is 5.69 Å². The normalized spacial score (nSPS) is 18.7. The summed E-state index contributed by atoms with van der Waals surface area (Å²) in [6.07, 6.45) is 6.34. The van der Waals surface area contributed by atoms with Gasteiger partial charge in [0.05, 0.1) is 18.3 Å². The maximum absolute atomic E-state index is 12.9. The van der Waals surface area contributed by atoms with Crippen molar-refractivity contribution in [1.29, 1.82) is 0 Å². The molecule has 1 fully saturated rings.